The second kappa shape index (κ2) is 8.10. The van der Waals surface area contributed by atoms with E-state index in [0.717, 1.165) is 0 Å². The predicted molar refractivity (Wildman–Crippen MR) is 104 cm³/mol. The predicted octanol–water partition coefficient (Wildman–Crippen LogP) is 3.59. The number of carbonyl (C=O) groups excluding carboxylic acids is 2. The molecule has 0 fully saturated rings. The van der Waals surface area contributed by atoms with E-state index in [1.54, 1.807) is 49.5 Å². The Morgan fingerprint density at radius 1 is 1.25 bits per heavy atom. The number of amides is 2. The van der Waals surface area contributed by atoms with E-state index in [1.807, 2.05) is 0 Å². The topological polar surface area (TPSA) is 105 Å². The molecule has 9 heteroatoms. The third kappa shape index (κ3) is 3.81. The number of aromatic nitrogens is 1. The summed E-state index contributed by atoms with van der Waals surface area (Å²) in [5, 5.41) is 21.0. The Morgan fingerprint density at radius 2 is 2.00 bits per heavy atom. The Balaban J connectivity index is 1.75. The number of azo groups is 1. The van der Waals surface area contributed by atoms with Crippen LogP contribution in [0.4, 0.5) is 5.69 Å². The molecule has 0 aliphatic heterocycles. The fraction of sp³-hybridized carbons (Fsp3) is 0.158. The number of halogens is 1. The fourth-order valence-electron chi connectivity index (χ4n) is 2.65. The van der Waals surface area contributed by atoms with Crippen LogP contribution in [0.3, 0.4) is 0 Å². The Labute approximate surface area is 165 Å². The van der Waals surface area contributed by atoms with Gasteiger partial charge in [0.2, 0.25) is 5.88 Å². The van der Waals surface area contributed by atoms with Crippen molar-refractivity contribution in [2.45, 2.75) is 0 Å². The molecule has 28 heavy (non-hydrogen) atoms. The maximum atomic E-state index is 12.1. The van der Waals surface area contributed by atoms with Gasteiger partial charge in [-0.25, -0.2) is 0 Å². The Bertz CT molecular complexity index is 1090. The van der Waals surface area contributed by atoms with Gasteiger partial charge < -0.3 is 19.7 Å². The van der Waals surface area contributed by atoms with Crippen LogP contribution in [-0.2, 0) is 11.8 Å². The lowest BCUT2D eigenvalue weighted by atomic mass is 10.2. The number of nitrogens with one attached hydrogen (secondary N) is 1. The average molecular weight is 401 g/mol. The van der Waals surface area contributed by atoms with Crippen LogP contribution >= 0.6 is 11.6 Å². The van der Waals surface area contributed by atoms with Crippen LogP contribution in [0.2, 0.25) is 5.02 Å². The average Bonchev–Trinajstić information content (AvgIpc) is 2.94. The molecular weight excluding hydrogens is 384 g/mol. The lowest BCUT2D eigenvalue weighted by molar-refractivity contribution is -0.117. The van der Waals surface area contributed by atoms with E-state index in [-0.39, 0.29) is 28.7 Å². The summed E-state index contributed by atoms with van der Waals surface area (Å²) in [4.78, 5) is 24.1. The Hall–Kier alpha value is -3.39. The van der Waals surface area contributed by atoms with Crippen LogP contribution < -0.4 is 10.1 Å². The summed E-state index contributed by atoms with van der Waals surface area (Å²) in [6.07, 6.45) is 0. The van der Waals surface area contributed by atoms with Crippen LogP contribution in [0.5, 0.6) is 11.6 Å². The lowest BCUT2D eigenvalue weighted by Crippen LogP contribution is -2.28. The van der Waals surface area contributed by atoms with Crippen LogP contribution in [-0.4, -0.2) is 35.1 Å². The maximum Gasteiger partial charge on any atom is 0.283 e. The molecule has 0 saturated heterocycles. The van der Waals surface area contributed by atoms with Gasteiger partial charge in [-0.3, -0.25) is 9.59 Å². The molecule has 3 rings (SSSR count). The van der Waals surface area contributed by atoms with Gasteiger partial charge in [0.15, 0.2) is 5.69 Å². The van der Waals surface area contributed by atoms with Crippen molar-refractivity contribution >= 4 is 40.0 Å². The van der Waals surface area contributed by atoms with Crippen LogP contribution in [0, 0.1) is 0 Å². The highest BCUT2D eigenvalue weighted by atomic mass is 35.5. The number of fused-ring (bicyclic) bond motifs is 1. The molecule has 1 heterocycles. The van der Waals surface area contributed by atoms with E-state index in [1.165, 1.54) is 11.7 Å². The van der Waals surface area contributed by atoms with E-state index in [4.69, 9.17) is 16.3 Å². The number of aryl methyl sites for hydroxylation is 1. The molecule has 0 atom stereocenters. The molecule has 2 amide bonds. The molecule has 144 valence electrons. The summed E-state index contributed by atoms with van der Waals surface area (Å²) < 4.78 is 6.70. The number of carbonyl (C=O) groups is 2. The standard InChI is InChI=1S/C19H17ClN4O4/c1-24-15-8-7-11(28-2)9-13(15)17(19(24)27)23-22-16(25)10-21-18(26)12-5-3-4-6-14(12)20/h3-9,27H,10H2,1-2H3,(H,21,26). The number of rotatable bonds is 5. The third-order valence-corrected chi connectivity index (χ3v) is 4.46. The number of aromatic hydroxyl groups is 1. The van der Waals surface area contributed by atoms with Gasteiger partial charge in [-0.2, -0.15) is 0 Å². The van der Waals surface area contributed by atoms with Crippen LogP contribution in [0.1, 0.15) is 10.4 Å². The van der Waals surface area contributed by atoms with E-state index in [2.05, 4.69) is 15.5 Å². The van der Waals surface area contributed by atoms with Gasteiger partial charge in [-0.05, 0) is 30.3 Å². The summed E-state index contributed by atoms with van der Waals surface area (Å²) in [6, 6.07) is 11.7. The van der Waals surface area contributed by atoms with E-state index in [0.29, 0.717) is 16.7 Å². The molecule has 3 aromatic rings. The lowest BCUT2D eigenvalue weighted by Gasteiger charge is -2.03. The monoisotopic (exact) mass is 400 g/mol. The number of ether oxygens (including phenoxy) is 1. The van der Waals surface area contributed by atoms with Gasteiger partial charge in [0.1, 0.15) is 12.3 Å². The van der Waals surface area contributed by atoms with Crippen molar-refractivity contribution < 1.29 is 19.4 Å². The summed E-state index contributed by atoms with van der Waals surface area (Å²) in [5.41, 5.74) is 1.10. The highest BCUT2D eigenvalue weighted by Crippen LogP contribution is 2.39. The smallest absolute Gasteiger partial charge is 0.283 e. The van der Waals surface area contributed by atoms with Gasteiger partial charge >= 0.3 is 0 Å². The van der Waals surface area contributed by atoms with Gasteiger partial charge in [0, 0.05) is 12.4 Å². The van der Waals surface area contributed by atoms with E-state index >= 15 is 0 Å². The quantitative estimate of drug-likeness (QED) is 0.638. The zero-order valence-corrected chi connectivity index (χ0v) is 15.9. The number of hydrogen-bond acceptors (Lipinski definition) is 5. The first-order valence-electron chi connectivity index (χ1n) is 8.25. The van der Waals surface area contributed by atoms with Crippen molar-refractivity contribution in [1.29, 1.82) is 0 Å². The molecule has 0 radical (unpaired) electrons. The first-order valence-corrected chi connectivity index (χ1v) is 8.63. The first-order chi connectivity index (χ1) is 13.4. The van der Waals surface area contributed by atoms with Gasteiger partial charge in [-0.15, -0.1) is 10.2 Å². The minimum Gasteiger partial charge on any atom is -0.497 e. The second-order valence-corrected chi connectivity index (χ2v) is 6.28. The molecule has 1 aromatic heterocycles. The van der Waals surface area contributed by atoms with Gasteiger partial charge in [0.25, 0.3) is 11.8 Å². The highest BCUT2D eigenvalue weighted by molar-refractivity contribution is 6.33. The Morgan fingerprint density at radius 3 is 2.71 bits per heavy atom. The van der Waals surface area contributed by atoms with Crippen molar-refractivity contribution in [2.75, 3.05) is 13.7 Å². The number of hydrogen-bond donors (Lipinski definition) is 2. The van der Waals surface area contributed by atoms with Crippen molar-refractivity contribution in [1.82, 2.24) is 9.88 Å². The summed E-state index contributed by atoms with van der Waals surface area (Å²) in [6.45, 7) is -0.359. The Kier molecular flexibility index (Phi) is 5.60. The molecule has 0 saturated carbocycles. The largest absolute Gasteiger partial charge is 0.497 e. The van der Waals surface area contributed by atoms with Crippen molar-refractivity contribution in [3.63, 3.8) is 0 Å². The van der Waals surface area contributed by atoms with Crippen molar-refractivity contribution in [3.05, 3.63) is 53.1 Å². The molecule has 0 unspecified atom stereocenters. The minimum atomic E-state index is -0.681. The van der Waals surface area contributed by atoms with E-state index in [9.17, 15) is 14.7 Å². The fourth-order valence-corrected chi connectivity index (χ4v) is 2.88. The molecule has 0 spiro atoms. The number of methoxy groups -OCH3 is 1. The molecule has 0 aliphatic carbocycles. The second-order valence-electron chi connectivity index (χ2n) is 5.87. The van der Waals surface area contributed by atoms with Gasteiger partial charge in [0.05, 0.1) is 23.2 Å². The molecule has 8 nitrogen and oxygen atoms in total. The molecule has 0 bridgehead atoms. The minimum absolute atomic E-state index is 0.139. The van der Waals surface area contributed by atoms with Crippen molar-refractivity contribution in [2.24, 2.45) is 17.3 Å². The zero-order valence-electron chi connectivity index (χ0n) is 15.1. The van der Waals surface area contributed by atoms with Gasteiger partial charge in [-0.1, -0.05) is 23.7 Å². The third-order valence-electron chi connectivity index (χ3n) is 4.13. The number of nitrogens with zero attached hydrogens (tertiary/aromatic N) is 3. The normalized spacial score (nSPS) is 11.1. The molecule has 2 aromatic carbocycles. The molecule has 2 N–H and O–H groups in total. The summed E-state index contributed by atoms with van der Waals surface area (Å²) in [5.74, 6) is -0.737. The van der Waals surface area contributed by atoms with Crippen LogP contribution in [0.15, 0.2) is 52.7 Å². The number of benzene rings is 2. The summed E-state index contributed by atoms with van der Waals surface area (Å²) >= 11 is 5.95. The molecular formula is C19H17ClN4O4. The van der Waals surface area contributed by atoms with E-state index < -0.39 is 11.8 Å². The molecule has 0 aliphatic rings. The SMILES string of the molecule is COc1ccc2c(c1)c(N=NC(=O)CNC(=O)c1ccccc1Cl)c(O)n2C. The zero-order chi connectivity index (χ0) is 20.3. The first kappa shape index (κ1) is 19.4. The van der Waals surface area contributed by atoms with Crippen LogP contribution in [0.25, 0.3) is 10.9 Å². The highest BCUT2D eigenvalue weighted by Gasteiger charge is 2.16. The summed E-state index contributed by atoms with van der Waals surface area (Å²) in [7, 11) is 3.19. The maximum absolute atomic E-state index is 12.1. The van der Waals surface area contributed by atoms with Crippen molar-refractivity contribution in [3.8, 4) is 11.6 Å².